The Morgan fingerprint density at radius 1 is 1.04 bits per heavy atom. The lowest BCUT2D eigenvalue weighted by molar-refractivity contribution is -0.156. The first kappa shape index (κ1) is 18.6. The Morgan fingerprint density at radius 2 is 1.64 bits per heavy atom. The molecule has 25 heavy (non-hydrogen) atoms. The van der Waals surface area contributed by atoms with Crippen LogP contribution in [0.15, 0.2) is 54.6 Å². The van der Waals surface area contributed by atoms with E-state index in [1.165, 1.54) is 24.3 Å². The van der Waals surface area contributed by atoms with Gasteiger partial charge in [0.25, 0.3) is 5.91 Å². The molecular formula is C20H22FNO3. The van der Waals surface area contributed by atoms with Gasteiger partial charge in [-0.2, -0.15) is 0 Å². The van der Waals surface area contributed by atoms with Crippen LogP contribution in [0.2, 0.25) is 0 Å². The van der Waals surface area contributed by atoms with E-state index >= 15 is 0 Å². The summed E-state index contributed by atoms with van der Waals surface area (Å²) in [5, 5.41) is 2.65. The maximum atomic E-state index is 13.0. The Kier molecular flexibility index (Phi) is 5.91. The largest absolute Gasteiger partial charge is 0.447 e. The van der Waals surface area contributed by atoms with Gasteiger partial charge in [0.1, 0.15) is 5.82 Å². The van der Waals surface area contributed by atoms with Crippen LogP contribution in [-0.4, -0.2) is 11.9 Å². The molecule has 0 saturated heterocycles. The summed E-state index contributed by atoms with van der Waals surface area (Å²) in [5.74, 6) is -1.33. The molecule has 1 atom stereocenters. The van der Waals surface area contributed by atoms with E-state index in [2.05, 4.69) is 5.32 Å². The average Bonchev–Trinajstić information content (AvgIpc) is 2.54. The number of amides is 1. The summed E-state index contributed by atoms with van der Waals surface area (Å²) in [6.45, 7) is 5.76. The van der Waals surface area contributed by atoms with Gasteiger partial charge in [0.2, 0.25) is 6.10 Å². The summed E-state index contributed by atoms with van der Waals surface area (Å²) in [7, 11) is 0. The lowest BCUT2D eigenvalue weighted by Gasteiger charge is -2.21. The number of hydrogen-bond acceptors (Lipinski definition) is 3. The second-order valence-electron chi connectivity index (χ2n) is 7.01. The predicted molar refractivity (Wildman–Crippen MR) is 94.4 cm³/mol. The van der Waals surface area contributed by atoms with Gasteiger partial charge in [-0.3, -0.25) is 9.59 Å². The van der Waals surface area contributed by atoms with Crippen LogP contribution in [0.4, 0.5) is 10.1 Å². The van der Waals surface area contributed by atoms with Crippen molar-refractivity contribution < 1.29 is 18.7 Å². The molecule has 0 unspecified atom stereocenters. The van der Waals surface area contributed by atoms with Gasteiger partial charge in [0.15, 0.2) is 0 Å². The quantitative estimate of drug-likeness (QED) is 0.814. The molecule has 0 fully saturated rings. The number of esters is 1. The van der Waals surface area contributed by atoms with E-state index in [1.54, 1.807) is 24.3 Å². The molecule has 4 nitrogen and oxygen atoms in total. The van der Waals surface area contributed by atoms with Crippen LogP contribution in [0.3, 0.4) is 0 Å². The van der Waals surface area contributed by atoms with Crippen LogP contribution in [-0.2, 0) is 14.3 Å². The molecule has 0 aromatic heterocycles. The Morgan fingerprint density at radius 3 is 2.20 bits per heavy atom. The standard InChI is InChI=1S/C20H22FNO3/c1-20(2,3)13-17(23)25-18(14-7-5-4-6-8-14)19(24)22-16-11-9-15(21)10-12-16/h4-12,18H,13H2,1-3H3,(H,22,24)/t18-/m1/s1. The number of nitrogens with one attached hydrogen (secondary N) is 1. The first-order valence-electron chi connectivity index (χ1n) is 8.05. The lowest BCUT2D eigenvalue weighted by Crippen LogP contribution is -2.27. The normalized spacial score (nSPS) is 12.3. The molecule has 0 aliphatic heterocycles. The second kappa shape index (κ2) is 7.92. The Bertz CT molecular complexity index is 721. The van der Waals surface area contributed by atoms with Crippen molar-refractivity contribution in [2.45, 2.75) is 33.3 Å². The fourth-order valence-corrected chi connectivity index (χ4v) is 2.25. The van der Waals surface area contributed by atoms with Crippen molar-refractivity contribution in [1.82, 2.24) is 0 Å². The van der Waals surface area contributed by atoms with Gasteiger partial charge in [0, 0.05) is 11.3 Å². The molecule has 0 bridgehead atoms. The third kappa shape index (κ3) is 6.03. The number of rotatable bonds is 5. The third-order valence-corrected chi connectivity index (χ3v) is 3.38. The molecular weight excluding hydrogens is 321 g/mol. The van der Waals surface area contributed by atoms with Crippen molar-refractivity contribution in [3.63, 3.8) is 0 Å². The number of anilines is 1. The topological polar surface area (TPSA) is 55.4 Å². The first-order valence-corrected chi connectivity index (χ1v) is 8.05. The summed E-state index contributed by atoms with van der Waals surface area (Å²) in [6, 6.07) is 14.2. The van der Waals surface area contributed by atoms with Crippen molar-refractivity contribution in [2.75, 3.05) is 5.32 Å². The van der Waals surface area contributed by atoms with Crippen molar-refractivity contribution >= 4 is 17.6 Å². The fraction of sp³-hybridized carbons (Fsp3) is 0.300. The summed E-state index contributed by atoms with van der Waals surface area (Å²) in [5.41, 5.74) is 0.759. The van der Waals surface area contributed by atoms with Crippen LogP contribution >= 0.6 is 0 Å². The Hall–Kier alpha value is -2.69. The molecule has 0 heterocycles. The van der Waals surface area contributed by atoms with Crippen molar-refractivity contribution in [3.05, 3.63) is 66.0 Å². The second-order valence-corrected chi connectivity index (χ2v) is 7.01. The minimum Gasteiger partial charge on any atom is -0.447 e. The molecule has 0 aliphatic rings. The summed E-state index contributed by atoms with van der Waals surface area (Å²) in [6.07, 6.45) is -0.874. The van der Waals surface area contributed by atoms with E-state index in [-0.39, 0.29) is 11.8 Å². The van der Waals surface area contributed by atoms with Crippen LogP contribution in [0.5, 0.6) is 0 Å². The maximum absolute atomic E-state index is 13.0. The fourth-order valence-electron chi connectivity index (χ4n) is 2.25. The number of halogens is 1. The zero-order valence-electron chi connectivity index (χ0n) is 14.6. The number of carbonyl (C=O) groups is 2. The molecule has 2 aromatic carbocycles. The van der Waals surface area contributed by atoms with E-state index in [9.17, 15) is 14.0 Å². The lowest BCUT2D eigenvalue weighted by atomic mass is 9.92. The molecule has 2 aromatic rings. The average molecular weight is 343 g/mol. The van der Waals surface area contributed by atoms with Crippen LogP contribution in [0, 0.1) is 11.2 Å². The highest BCUT2D eigenvalue weighted by molar-refractivity contribution is 5.96. The highest BCUT2D eigenvalue weighted by Gasteiger charge is 2.27. The van der Waals surface area contributed by atoms with Crippen LogP contribution in [0.25, 0.3) is 0 Å². The van der Waals surface area contributed by atoms with Gasteiger partial charge >= 0.3 is 5.97 Å². The summed E-state index contributed by atoms with van der Waals surface area (Å²) in [4.78, 5) is 24.8. The number of ether oxygens (including phenoxy) is 1. The van der Waals surface area contributed by atoms with E-state index in [4.69, 9.17) is 4.74 Å². The summed E-state index contributed by atoms with van der Waals surface area (Å²) >= 11 is 0. The maximum Gasteiger partial charge on any atom is 0.307 e. The van der Waals surface area contributed by atoms with Gasteiger partial charge in [-0.15, -0.1) is 0 Å². The number of benzene rings is 2. The van der Waals surface area contributed by atoms with Gasteiger partial charge in [-0.25, -0.2) is 4.39 Å². The van der Waals surface area contributed by atoms with Gasteiger partial charge < -0.3 is 10.1 Å². The highest BCUT2D eigenvalue weighted by atomic mass is 19.1. The molecule has 2 rings (SSSR count). The molecule has 1 N–H and O–H groups in total. The van der Waals surface area contributed by atoms with Crippen molar-refractivity contribution in [2.24, 2.45) is 5.41 Å². The molecule has 0 aliphatic carbocycles. The molecule has 132 valence electrons. The zero-order valence-corrected chi connectivity index (χ0v) is 14.6. The number of carbonyl (C=O) groups excluding carboxylic acids is 2. The molecule has 5 heteroatoms. The van der Waals surface area contributed by atoms with Crippen molar-refractivity contribution in [1.29, 1.82) is 0 Å². The van der Waals surface area contributed by atoms with E-state index in [1.807, 2.05) is 26.8 Å². The zero-order chi connectivity index (χ0) is 18.4. The van der Waals surface area contributed by atoms with Gasteiger partial charge in [0.05, 0.1) is 6.42 Å². The first-order chi connectivity index (χ1) is 11.7. The monoisotopic (exact) mass is 343 g/mol. The third-order valence-electron chi connectivity index (χ3n) is 3.38. The van der Waals surface area contributed by atoms with Crippen LogP contribution in [0.1, 0.15) is 38.9 Å². The van der Waals surface area contributed by atoms with E-state index < -0.39 is 23.8 Å². The Labute approximate surface area is 147 Å². The van der Waals surface area contributed by atoms with Gasteiger partial charge in [-0.1, -0.05) is 51.1 Å². The SMILES string of the molecule is CC(C)(C)CC(=O)O[C@@H](C(=O)Nc1ccc(F)cc1)c1ccccc1. The minimum atomic E-state index is -1.07. The molecule has 0 saturated carbocycles. The molecule has 1 amide bonds. The smallest absolute Gasteiger partial charge is 0.307 e. The predicted octanol–water partition coefficient (Wildman–Crippen LogP) is 4.48. The van der Waals surface area contributed by atoms with Crippen molar-refractivity contribution in [3.8, 4) is 0 Å². The molecule has 0 radical (unpaired) electrons. The van der Waals surface area contributed by atoms with E-state index in [0.29, 0.717) is 11.3 Å². The van der Waals surface area contributed by atoms with E-state index in [0.717, 1.165) is 0 Å². The Balaban J connectivity index is 2.17. The molecule has 0 spiro atoms. The summed E-state index contributed by atoms with van der Waals surface area (Å²) < 4.78 is 18.4. The number of hydrogen-bond donors (Lipinski definition) is 1. The highest BCUT2D eigenvalue weighted by Crippen LogP contribution is 2.24. The minimum absolute atomic E-state index is 0.195. The van der Waals surface area contributed by atoms with Gasteiger partial charge in [-0.05, 0) is 29.7 Å². The van der Waals surface area contributed by atoms with Crippen LogP contribution < -0.4 is 5.32 Å².